The molecule has 20 heavy (non-hydrogen) atoms. The summed E-state index contributed by atoms with van der Waals surface area (Å²) in [5.74, 6) is -0.160. The topological polar surface area (TPSA) is 61.2 Å². The molecule has 1 aromatic carbocycles. The molecule has 0 aliphatic carbocycles. The van der Waals surface area contributed by atoms with E-state index in [1.807, 2.05) is 12.1 Å². The molecule has 0 radical (unpaired) electrons. The highest BCUT2D eigenvalue weighted by atomic mass is 127. The molecule has 0 fully saturated rings. The Morgan fingerprint density at radius 1 is 1.35 bits per heavy atom. The number of carbonyl (C=O) groups is 1. The summed E-state index contributed by atoms with van der Waals surface area (Å²) in [4.78, 5) is 28.2. The second-order valence-corrected chi connectivity index (χ2v) is 5.48. The van der Waals surface area contributed by atoms with Crippen molar-refractivity contribution in [3.05, 3.63) is 55.5 Å². The van der Waals surface area contributed by atoms with Crippen molar-refractivity contribution >= 4 is 28.4 Å². The van der Waals surface area contributed by atoms with Crippen molar-refractivity contribution in [3.63, 3.8) is 0 Å². The minimum Gasteiger partial charge on any atom is -0.468 e. The second kappa shape index (κ2) is 6.17. The molecule has 6 heteroatoms. The lowest BCUT2D eigenvalue weighted by molar-refractivity contribution is 0.0966. The van der Waals surface area contributed by atoms with E-state index in [4.69, 9.17) is 4.74 Å². The molecule has 0 saturated carbocycles. The van der Waals surface area contributed by atoms with E-state index in [2.05, 4.69) is 27.6 Å². The van der Waals surface area contributed by atoms with Gasteiger partial charge in [-0.1, -0.05) is 12.1 Å². The van der Waals surface area contributed by atoms with Crippen LogP contribution >= 0.6 is 22.6 Å². The molecule has 0 spiro atoms. The number of aryl methyl sites for hydroxylation is 1. The molecule has 1 heterocycles. The normalized spacial score (nSPS) is 10.3. The van der Waals surface area contributed by atoms with Crippen LogP contribution in [0, 0.1) is 10.5 Å². The van der Waals surface area contributed by atoms with Gasteiger partial charge in [-0.25, -0.2) is 4.98 Å². The SMILES string of the molecule is COc1nc(C)cc(=O)n1CC(=O)c1ccc(I)cc1. The van der Waals surface area contributed by atoms with Crippen LogP contribution < -0.4 is 10.3 Å². The van der Waals surface area contributed by atoms with Crippen LogP contribution in [0.15, 0.2) is 35.1 Å². The summed E-state index contributed by atoms with van der Waals surface area (Å²) in [6, 6.07) is 8.70. The molecule has 0 amide bonds. The van der Waals surface area contributed by atoms with E-state index >= 15 is 0 Å². The predicted molar refractivity (Wildman–Crippen MR) is 83.3 cm³/mol. The smallest absolute Gasteiger partial charge is 0.299 e. The number of benzene rings is 1. The van der Waals surface area contributed by atoms with Crippen molar-refractivity contribution in [1.29, 1.82) is 0 Å². The third kappa shape index (κ3) is 3.24. The van der Waals surface area contributed by atoms with Gasteiger partial charge in [0.25, 0.3) is 11.6 Å². The molecule has 0 N–H and O–H groups in total. The van der Waals surface area contributed by atoms with Crippen LogP contribution in [0.3, 0.4) is 0 Å². The minimum absolute atomic E-state index is 0.0874. The lowest BCUT2D eigenvalue weighted by Crippen LogP contribution is -2.26. The maximum Gasteiger partial charge on any atom is 0.299 e. The highest BCUT2D eigenvalue weighted by Crippen LogP contribution is 2.10. The second-order valence-electron chi connectivity index (χ2n) is 4.24. The molecule has 0 aliphatic rings. The summed E-state index contributed by atoms with van der Waals surface area (Å²) in [5, 5.41) is 0. The molecule has 0 atom stereocenters. The predicted octanol–water partition coefficient (Wildman–Crippen LogP) is 2.05. The van der Waals surface area contributed by atoms with E-state index in [1.54, 1.807) is 19.1 Å². The summed E-state index contributed by atoms with van der Waals surface area (Å²) in [7, 11) is 1.42. The van der Waals surface area contributed by atoms with Crippen LogP contribution in [0.1, 0.15) is 16.1 Å². The largest absolute Gasteiger partial charge is 0.468 e. The number of rotatable bonds is 4. The van der Waals surface area contributed by atoms with E-state index < -0.39 is 0 Å². The maximum absolute atomic E-state index is 12.2. The first-order chi connectivity index (χ1) is 9.51. The summed E-state index contributed by atoms with van der Waals surface area (Å²) < 4.78 is 7.34. The lowest BCUT2D eigenvalue weighted by atomic mass is 10.1. The number of Topliss-reactive ketones (excluding diaryl/α,β-unsaturated/α-hetero) is 1. The van der Waals surface area contributed by atoms with Crippen molar-refractivity contribution in [3.8, 4) is 6.01 Å². The van der Waals surface area contributed by atoms with Crippen LogP contribution in [-0.4, -0.2) is 22.4 Å². The Kier molecular flexibility index (Phi) is 4.53. The van der Waals surface area contributed by atoms with E-state index in [9.17, 15) is 9.59 Å². The summed E-state index contributed by atoms with van der Waals surface area (Å²) in [6.45, 7) is 1.62. The zero-order valence-corrected chi connectivity index (χ0v) is 13.2. The Hall–Kier alpha value is -1.70. The van der Waals surface area contributed by atoms with E-state index in [1.165, 1.54) is 17.7 Å². The van der Waals surface area contributed by atoms with E-state index in [0.29, 0.717) is 11.3 Å². The van der Waals surface area contributed by atoms with Gasteiger partial charge in [-0.05, 0) is 41.6 Å². The first-order valence-electron chi connectivity index (χ1n) is 5.92. The van der Waals surface area contributed by atoms with Crippen LogP contribution in [0.4, 0.5) is 0 Å². The van der Waals surface area contributed by atoms with Gasteiger partial charge < -0.3 is 4.74 Å². The van der Waals surface area contributed by atoms with Crippen molar-refractivity contribution in [1.82, 2.24) is 9.55 Å². The standard InChI is InChI=1S/C14H13IN2O3/c1-9-7-13(19)17(14(16-9)20-2)8-12(18)10-3-5-11(15)6-4-10/h3-7H,8H2,1-2H3. The molecule has 0 aliphatic heterocycles. The molecule has 1 aromatic heterocycles. The van der Waals surface area contributed by atoms with Gasteiger partial charge in [0.2, 0.25) is 0 Å². The number of hydrogen-bond donors (Lipinski definition) is 0. The number of ketones is 1. The molecule has 0 unspecified atom stereocenters. The number of methoxy groups -OCH3 is 1. The van der Waals surface area contributed by atoms with E-state index in [-0.39, 0.29) is 23.9 Å². The number of nitrogens with zero attached hydrogens (tertiary/aromatic N) is 2. The molecular weight excluding hydrogens is 371 g/mol. The molecule has 5 nitrogen and oxygen atoms in total. The fraction of sp³-hybridized carbons (Fsp3) is 0.214. The Labute approximate surface area is 129 Å². The number of ether oxygens (including phenoxy) is 1. The first-order valence-corrected chi connectivity index (χ1v) is 7.00. The fourth-order valence-electron chi connectivity index (χ4n) is 1.77. The average Bonchev–Trinajstić information content (AvgIpc) is 2.42. The number of carbonyl (C=O) groups excluding carboxylic acids is 1. The monoisotopic (exact) mass is 384 g/mol. The van der Waals surface area contributed by atoms with Crippen molar-refractivity contribution < 1.29 is 9.53 Å². The fourth-order valence-corrected chi connectivity index (χ4v) is 2.13. The van der Waals surface area contributed by atoms with Gasteiger partial charge >= 0.3 is 0 Å². The molecule has 0 saturated heterocycles. The van der Waals surface area contributed by atoms with E-state index in [0.717, 1.165) is 3.57 Å². The molecule has 2 aromatic rings. The third-order valence-electron chi connectivity index (χ3n) is 2.75. The van der Waals surface area contributed by atoms with Crippen molar-refractivity contribution in [2.75, 3.05) is 7.11 Å². The highest BCUT2D eigenvalue weighted by molar-refractivity contribution is 14.1. The zero-order chi connectivity index (χ0) is 14.7. The molecule has 0 bridgehead atoms. The summed E-state index contributed by atoms with van der Waals surface area (Å²) >= 11 is 2.17. The van der Waals surface area contributed by atoms with Gasteiger partial charge in [0, 0.05) is 20.9 Å². The van der Waals surface area contributed by atoms with Crippen molar-refractivity contribution in [2.24, 2.45) is 0 Å². The van der Waals surface area contributed by atoms with Gasteiger partial charge in [-0.3, -0.25) is 14.2 Å². The Morgan fingerprint density at radius 3 is 2.60 bits per heavy atom. The third-order valence-corrected chi connectivity index (χ3v) is 3.47. The molecule has 104 valence electrons. The van der Waals surface area contributed by atoms with Gasteiger partial charge in [-0.15, -0.1) is 0 Å². The first kappa shape index (κ1) is 14.7. The van der Waals surface area contributed by atoms with Gasteiger partial charge in [0.15, 0.2) is 5.78 Å². The zero-order valence-electron chi connectivity index (χ0n) is 11.1. The van der Waals surface area contributed by atoms with Crippen LogP contribution in [-0.2, 0) is 6.54 Å². The average molecular weight is 384 g/mol. The lowest BCUT2D eigenvalue weighted by Gasteiger charge is -2.10. The minimum atomic E-state index is -0.298. The van der Waals surface area contributed by atoms with Crippen LogP contribution in [0.5, 0.6) is 6.01 Å². The Balaban J connectivity index is 2.32. The van der Waals surface area contributed by atoms with Gasteiger partial charge in [-0.2, -0.15) is 0 Å². The highest BCUT2D eigenvalue weighted by Gasteiger charge is 2.13. The van der Waals surface area contributed by atoms with Gasteiger partial charge in [0.05, 0.1) is 13.7 Å². The number of hydrogen-bond acceptors (Lipinski definition) is 4. The van der Waals surface area contributed by atoms with Crippen molar-refractivity contribution in [2.45, 2.75) is 13.5 Å². The quantitative estimate of drug-likeness (QED) is 0.598. The van der Waals surface area contributed by atoms with Crippen LogP contribution in [0.25, 0.3) is 0 Å². The van der Waals surface area contributed by atoms with Gasteiger partial charge in [0.1, 0.15) is 0 Å². The maximum atomic E-state index is 12.2. The Morgan fingerprint density at radius 2 is 2.00 bits per heavy atom. The summed E-state index contributed by atoms with van der Waals surface area (Å²) in [6.07, 6.45) is 0. The molecular formula is C14H13IN2O3. The summed E-state index contributed by atoms with van der Waals surface area (Å²) in [5.41, 5.74) is 0.818. The number of halogens is 1. The van der Waals surface area contributed by atoms with Crippen LogP contribution in [0.2, 0.25) is 0 Å². The number of aromatic nitrogens is 2. The Bertz CT molecular complexity index is 693. The molecule has 2 rings (SSSR count).